The van der Waals surface area contributed by atoms with Crippen LogP contribution < -0.4 is 19.1 Å². The van der Waals surface area contributed by atoms with Crippen LogP contribution in [0.1, 0.15) is 11.1 Å². The Kier molecular flexibility index (Phi) is 6.37. The van der Waals surface area contributed by atoms with Crippen molar-refractivity contribution in [2.75, 3.05) is 30.4 Å². The molecule has 0 fully saturated rings. The van der Waals surface area contributed by atoms with E-state index in [1.807, 2.05) is 36.4 Å². The van der Waals surface area contributed by atoms with Crippen LogP contribution >= 0.6 is 0 Å². The largest absolute Gasteiger partial charge is 0.493 e. The number of carbonyl (C=O) groups is 1. The van der Waals surface area contributed by atoms with Gasteiger partial charge in [-0.3, -0.25) is 9.10 Å². The number of fused-ring (bicyclic) bond motifs is 1. The molecule has 0 bridgehead atoms. The standard InChI is InChI=1S/C25H24N2O5S/c1-31-22-16-18(12-13-24(28)26-20-9-4-3-5-10-20)17-23(25(22)32-2)33(29,30)27-15-14-19-8-6-7-11-21(19)27/h3-13,16-17H,14-15H2,1-2H3,(H,26,28)/b13-12+. The number of anilines is 2. The SMILES string of the molecule is COc1cc(/C=C/C(=O)Nc2ccccc2)cc(S(=O)(=O)N2CCc3ccccc32)c1OC. The van der Waals surface area contributed by atoms with E-state index in [4.69, 9.17) is 9.47 Å². The van der Waals surface area contributed by atoms with Gasteiger partial charge in [-0.1, -0.05) is 36.4 Å². The normalized spacial score (nSPS) is 13.1. The number of benzene rings is 3. The Morgan fingerprint density at radius 3 is 2.45 bits per heavy atom. The molecule has 1 N–H and O–H groups in total. The van der Waals surface area contributed by atoms with Crippen molar-refractivity contribution in [2.24, 2.45) is 0 Å². The van der Waals surface area contributed by atoms with E-state index in [1.54, 1.807) is 24.3 Å². The molecule has 0 aliphatic carbocycles. The van der Waals surface area contributed by atoms with Gasteiger partial charge in [0.25, 0.3) is 10.0 Å². The molecule has 0 saturated heterocycles. The molecule has 3 aromatic carbocycles. The predicted molar refractivity (Wildman–Crippen MR) is 128 cm³/mol. The molecule has 1 aliphatic rings. The van der Waals surface area contributed by atoms with Gasteiger partial charge < -0.3 is 14.8 Å². The number of sulfonamides is 1. The molecule has 1 heterocycles. The summed E-state index contributed by atoms with van der Waals surface area (Å²) in [7, 11) is -1.10. The highest BCUT2D eigenvalue weighted by Crippen LogP contribution is 2.40. The third-order valence-electron chi connectivity index (χ3n) is 5.35. The maximum atomic E-state index is 13.7. The van der Waals surface area contributed by atoms with Crippen LogP contribution in [0.4, 0.5) is 11.4 Å². The number of nitrogens with one attached hydrogen (secondary N) is 1. The summed E-state index contributed by atoms with van der Waals surface area (Å²) in [6.45, 7) is 0.340. The van der Waals surface area contributed by atoms with Gasteiger partial charge in [0, 0.05) is 18.3 Å². The van der Waals surface area contributed by atoms with E-state index in [-0.39, 0.29) is 22.3 Å². The molecule has 4 rings (SSSR count). The summed E-state index contributed by atoms with van der Waals surface area (Å²) in [5.74, 6) is 0.0378. The van der Waals surface area contributed by atoms with Crippen molar-refractivity contribution in [2.45, 2.75) is 11.3 Å². The number of para-hydroxylation sites is 2. The van der Waals surface area contributed by atoms with Crippen LogP contribution in [0.3, 0.4) is 0 Å². The zero-order valence-electron chi connectivity index (χ0n) is 18.3. The molecule has 0 radical (unpaired) electrons. The summed E-state index contributed by atoms with van der Waals surface area (Å²) in [5.41, 5.74) is 2.78. The number of amides is 1. The van der Waals surface area contributed by atoms with Crippen molar-refractivity contribution in [3.05, 3.63) is 83.9 Å². The minimum atomic E-state index is -3.94. The maximum Gasteiger partial charge on any atom is 0.268 e. The second kappa shape index (κ2) is 9.38. The molecular weight excluding hydrogens is 440 g/mol. The second-order valence-electron chi connectivity index (χ2n) is 7.40. The van der Waals surface area contributed by atoms with E-state index in [0.717, 1.165) is 5.56 Å². The Labute approximate surface area is 193 Å². The third-order valence-corrected chi connectivity index (χ3v) is 7.17. The molecule has 33 heavy (non-hydrogen) atoms. The zero-order valence-corrected chi connectivity index (χ0v) is 19.1. The van der Waals surface area contributed by atoms with E-state index < -0.39 is 10.0 Å². The van der Waals surface area contributed by atoms with Gasteiger partial charge >= 0.3 is 0 Å². The number of hydrogen-bond donors (Lipinski definition) is 1. The van der Waals surface area contributed by atoms with Crippen LogP contribution in [-0.4, -0.2) is 35.1 Å². The maximum absolute atomic E-state index is 13.7. The first-order valence-electron chi connectivity index (χ1n) is 10.3. The number of nitrogens with zero attached hydrogens (tertiary/aromatic N) is 1. The van der Waals surface area contributed by atoms with Crippen LogP contribution in [0.2, 0.25) is 0 Å². The Morgan fingerprint density at radius 2 is 1.73 bits per heavy atom. The van der Waals surface area contributed by atoms with Gasteiger partial charge in [-0.15, -0.1) is 0 Å². The lowest BCUT2D eigenvalue weighted by atomic mass is 10.2. The summed E-state index contributed by atoms with van der Waals surface area (Å²) in [6, 6.07) is 19.6. The topological polar surface area (TPSA) is 84.9 Å². The van der Waals surface area contributed by atoms with E-state index >= 15 is 0 Å². The van der Waals surface area contributed by atoms with Gasteiger partial charge in [0.15, 0.2) is 11.5 Å². The fourth-order valence-corrected chi connectivity index (χ4v) is 5.50. The fraction of sp³-hybridized carbons (Fsp3) is 0.160. The summed E-state index contributed by atoms with van der Waals surface area (Å²) in [5, 5.41) is 2.76. The first-order valence-corrected chi connectivity index (χ1v) is 11.8. The lowest BCUT2D eigenvalue weighted by molar-refractivity contribution is -0.111. The van der Waals surface area contributed by atoms with Gasteiger partial charge in [0.2, 0.25) is 5.91 Å². The predicted octanol–water partition coefficient (Wildman–Crippen LogP) is 4.11. The highest BCUT2D eigenvalue weighted by Gasteiger charge is 2.34. The van der Waals surface area contributed by atoms with Gasteiger partial charge in [-0.05, 0) is 54.0 Å². The van der Waals surface area contributed by atoms with Gasteiger partial charge in [0.1, 0.15) is 4.90 Å². The number of methoxy groups -OCH3 is 2. The van der Waals surface area contributed by atoms with E-state index in [9.17, 15) is 13.2 Å². The average molecular weight is 465 g/mol. The van der Waals surface area contributed by atoms with Crippen molar-refractivity contribution in [3.8, 4) is 11.5 Å². The number of carbonyl (C=O) groups excluding carboxylic acids is 1. The first-order chi connectivity index (χ1) is 15.9. The summed E-state index contributed by atoms with van der Waals surface area (Å²) < 4.78 is 39.5. The Hall–Kier alpha value is -3.78. The second-order valence-corrected chi connectivity index (χ2v) is 9.23. The van der Waals surface area contributed by atoms with Gasteiger partial charge in [0.05, 0.1) is 19.9 Å². The van der Waals surface area contributed by atoms with Crippen molar-refractivity contribution in [3.63, 3.8) is 0 Å². The van der Waals surface area contributed by atoms with Crippen molar-refractivity contribution in [1.82, 2.24) is 0 Å². The third kappa shape index (κ3) is 4.56. The zero-order chi connectivity index (χ0) is 23.4. The number of rotatable bonds is 7. The Balaban J connectivity index is 1.70. The minimum Gasteiger partial charge on any atom is -0.493 e. The van der Waals surface area contributed by atoms with Crippen LogP contribution in [0.25, 0.3) is 6.08 Å². The molecule has 7 nitrogen and oxygen atoms in total. The molecule has 170 valence electrons. The Morgan fingerprint density at radius 1 is 1.00 bits per heavy atom. The van der Waals surface area contributed by atoms with Crippen LogP contribution in [0.15, 0.2) is 77.7 Å². The van der Waals surface area contributed by atoms with Crippen molar-refractivity contribution < 1.29 is 22.7 Å². The highest BCUT2D eigenvalue weighted by atomic mass is 32.2. The highest BCUT2D eigenvalue weighted by molar-refractivity contribution is 7.93. The monoisotopic (exact) mass is 464 g/mol. The molecule has 0 spiro atoms. The molecule has 1 aliphatic heterocycles. The summed E-state index contributed by atoms with van der Waals surface area (Å²) in [4.78, 5) is 12.3. The van der Waals surface area contributed by atoms with E-state index in [1.165, 1.54) is 36.7 Å². The van der Waals surface area contributed by atoms with E-state index in [0.29, 0.717) is 29.9 Å². The van der Waals surface area contributed by atoms with Crippen LogP contribution in [0.5, 0.6) is 11.5 Å². The van der Waals surface area contributed by atoms with Crippen molar-refractivity contribution in [1.29, 1.82) is 0 Å². The molecule has 0 saturated carbocycles. The number of hydrogen-bond acceptors (Lipinski definition) is 5. The lowest BCUT2D eigenvalue weighted by Crippen LogP contribution is -2.29. The molecule has 8 heteroatoms. The number of ether oxygens (including phenoxy) is 2. The molecule has 1 amide bonds. The molecule has 0 aromatic heterocycles. The fourth-order valence-electron chi connectivity index (χ4n) is 3.79. The van der Waals surface area contributed by atoms with Gasteiger partial charge in [-0.25, -0.2) is 8.42 Å². The minimum absolute atomic E-state index is 0.0239. The molecule has 0 atom stereocenters. The molecular formula is C25H24N2O5S. The van der Waals surface area contributed by atoms with Crippen molar-refractivity contribution >= 4 is 33.4 Å². The molecule has 3 aromatic rings. The summed E-state index contributed by atoms with van der Waals surface area (Å²) >= 11 is 0. The van der Waals surface area contributed by atoms with Crippen LogP contribution in [-0.2, 0) is 21.2 Å². The quantitative estimate of drug-likeness (QED) is 0.532. The van der Waals surface area contributed by atoms with Gasteiger partial charge in [-0.2, -0.15) is 0 Å². The average Bonchev–Trinajstić information content (AvgIpc) is 3.28. The summed E-state index contributed by atoms with van der Waals surface area (Å²) in [6.07, 6.45) is 3.51. The van der Waals surface area contributed by atoms with Crippen LogP contribution in [0, 0.1) is 0 Å². The Bertz CT molecular complexity index is 1300. The van der Waals surface area contributed by atoms with E-state index in [2.05, 4.69) is 5.32 Å². The lowest BCUT2D eigenvalue weighted by Gasteiger charge is -2.22. The smallest absolute Gasteiger partial charge is 0.268 e. The first kappa shape index (κ1) is 22.4. The molecule has 0 unspecified atom stereocenters.